The maximum atomic E-state index is 11.5. The Labute approximate surface area is 100 Å². The fourth-order valence-corrected chi connectivity index (χ4v) is 2.13. The molecule has 6 nitrogen and oxygen atoms in total. The van der Waals surface area contributed by atoms with E-state index in [0.717, 1.165) is 19.3 Å². The molecule has 0 radical (unpaired) electrons. The highest BCUT2D eigenvalue weighted by Gasteiger charge is 2.32. The van der Waals surface area contributed by atoms with E-state index in [1.165, 1.54) is 0 Å². The number of aliphatic hydroxyl groups excluding tert-OH is 1. The number of hydrogen-bond donors (Lipinski definition) is 4. The van der Waals surface area contributed by atoms with Gasteiger partial charge in [-0.05, 0) is 24.7 Å². The molecule has 2 amide bonds. The third-order valence-corrected chi connectivity index (χ3v) is 3.09. The summed E-state index contributed by atoms with van der Waals surface area (Å²) in [5.41, 5.74) is 0.223. The average molecular weight is 244 g/mol. The quantitative estimate of drug-likeness (QED) is 0.572. The van der Waals surface area contributed by atoms with Crippen LogP contribution in [0, 0.1) is 5.41 Å². The molecule has 6 heteroatoms. The van der Waals surface area contributed by atoms with Crippen LogP contribution < -0.4 is 10.6 Å². The van der Waals surface area contributed by atoms with E-state index in [-0.39, 0.29) is 11.5 Å². The lowest BCUT2D eigenvalue weighted by atomic mass is 9.92. The summed E-state index contributed by atoms with van der Waals surface area (Å²) in [5.74, 6) is -1.24. The molecular formula is C11H20N2O4. The minimum absolute atomic E-state index is 0.0816. The Morgan fingerprint density at radius 3 is 2.53 bits per heavy atom. The van der Waals surface area contributed by atoms with E-state index in [4.69, 9.17) is 10.2 Å². The predicted molar refractivity (Wildman–Crippen MR) is 61.6 cm³/mol. The predicted octanol–water partition coefficient (Wildman–Crippen LogP) is 0.310. The van der Waals surface area contributed by atoms with Gasteiger partial charge in [0.2, 0.25) is 0 Å². The van der Waals surface area contributed by atoms with Gasteiger partial charge < -0.3 is 20.8 Å². The molecule has 1 saturated carbocycles. The number of aliphatic carboxylic acids is 1. The molecule has 2 unspecified atom stereocenters. The van der Waals surface area contributed by atoms with Gasteiger partial charge in [-0.15, -0.1) is 0 Å². The minimum atomic E-state index is -1.25. The molecule has 0 bridgehead atoms. The lowest BCUT2D eigenvalue weighted by Gasteiger charge is -2.19. The first-order chi connectivity index (χ1) is 7.84. The first-order valence-electron chi connectivity index (χ1n) is 5.75. The summed E-state index contributed by atoms with van der Waals surface area (Å²) < 4.78 is 0. The molecular weight excluding hydrogens is 224 g/mol. The molecule has 1 aliphatic rings. The third kappa shape index (κ3) is 4.22. The lowest BCUT2D eigenvalue weighted by Crippen LogP contribution is -2.50. The number of carbonyl (C=O) groups is 2. The van der Waals surface area contributed by atoms with Crippen LogP contribution in [0.2, 0.25) is 0 Å². The van der Waals surface area contributed by atoms with E-state index >= 15 is 0 Å². The number of hydrogen-bond acceptors (Lipinski definition) is 3. The molecule has 0 spiro atoms. The second kappa shape index (κ2) is 5.35. The van der Waals surface area contributed by atoms with Crippen molar-refractivity contribution in [3.05, 3.63) is 0 Å². The molecule has 0 aromatic carbocycles. The molecule has 0 aromatic heterocycles. The van der Waals surface area contributed by atoms with Crippen molar-refractivity contribution in [2.24, 2.45) is 5.41 Å². The van der Waals surface area contributed by atoms with Gasteiger partial charge in [0, 0.05) is 6.04 Å². The normalized spacial score (nSPS) is 24.1. The number of carboxylic acids is 1. The maximum absolute atomic E-state index is 11.5. The van der Waals surface area contributed by atoms with Crippen LogP contribution >= 0.6 is 0 Å². The highest BCUT2D eigenvalue weighted by atomic mass is 16.4. The molecule has 0 aliphatic heterocycles. The zero-order valence-corrected chi connectivity index (χ0v) is 10.2. The topological polar surface area (TPSA) is 98.7 Å². The summed E-state index contributed by atoms with van der Waals surface area (Å²) in [5, 5.41) is 22.4. The maximum Gasteiger partial charge on any atom is 0.328 e. The van der Waals surface area contributed by atoms with Crippen molar-refractivity contribution in [3.8, 4) is 0 Å². The number of urea groups is 1. The standard InChI is InChI=1S/C11H20N2O4/c1-11(2)4-3-7(5-11)12-10(17)13-8(6-14)9(15)16/h7-8,14H,3-6H2,1-2H3,(H,15,16)(H2,12,13,17). The van der Waals surface area contributed by atoms with E-state index in [0.29, 0.717) is 0 Å². The van der Waals surface area contributed by atoms with Gasteiger partial charge in [-0.3, -0.25) is 0 Å². The Morgan fingerprint density at radius 1 is 1.47 bits per heavy atom. The number of amides is 2. The van der Waals surface area contributed by atoms with E-state index < -0.39 is 24.6 Å². The van der Waals surface area contributed by atoms with Crippen molar-refractivity contribution >= 4 is 12.0 Å². The lowest BCUT2D eigenvalue weighted by molar-refractivity contribution is -0.140. The first-order valence-corrected chi connectivity index (χ1v) is 5.75. The Hall–Kier alpha value is -1.30. The minimum Gasteiger partial charge on any atom is -0.480 e. The van der Waals surface area contributed by atoms with Crippen LogP contribution in [0.4, 0.5) is 4.79 Å². The van der Waals surface area contributed by atoms with Crippen LogP contribution in [0.3, 0.4) is 0 Å². The highest BCUT2D eigenvalue weighted by Crippen LogP contribution is 2.36. The molecule has 98 valence electrons. The SMILES string of the molecule is CC1(C)CCC(NC(=O)NC(CO)C(=O)O)C1. The number of carboxylic acid groups (broad SMARTS) is 1. The Bertz CT molecular complexity index is 304. The van der Waals surface area contributed by atoms with Crippen molar-refractivity contribution in [3.63, 3.8) is 0 Å². The number of carbonyl (C=O) groups excluding carboxylic acids is 1. The largest absolute Gasteiger partial charge is 0.480 e. The highest BCUT2D eigenvalue weighted by molar-refractivity contribution is 5.82. The zero-order valence-electron chi connectivity index (χ0n) is 10.2. The van der Waals surface area contributed by atoms with E-state index in [1.807, 2.05) is 0 Å². The van der Waals surface area contributed by atoms with Gasteiger partial charge in [0.1, 0.15) is 0 Å². The Kier molecular flexibility index (Phi) is 4.34. The molecule has 1 rings (SSSR count). The monoisotopic (exact) mass is 244 g/mol. The van der Waals surface area contributed by atoms with Crippen LogP contribution in [0.25, 0.3) is 0 Å². The molecule has 0 aromatic rings. The van der Waals surface area contributed by atoms with Gasteiger partial charge >= 0.3 is 12.0 Å². The fourth-order valence-electron chi connectivity index (χ4n) is 2.13. The summed E-state index contributed by atoms with van der Waals surface area (Å²) in [4.78, 5) is 22.1. The van der Waals surface area contributed by atoms with Crippen molar-refractivity contribution in [1.82, 2.24) is 10.6 Å². The summed E-state index contributed by atoms with van der Waals surface area (Å²) in [7, 11) is 0. The van der Waals surface area contributed by atoms with Crippen LogP contribution in [0.1, 0.15) is 33.1 Å². The molecule has 0 saturated heterocycles. The van der Waals surface area contributed by atoms with Gasteiger partial charge in [-0.25, -0.2) is 9.59 Å². The van der Waals surface area contributed by atoms with Crippen molar-refractivity contribution in [2.45, 2.75) is 45.2 Å². The zero-order chi connectivity index (χ0) is 13.1. The number of aliphatic hydroxyl groups is 1. The third-order valence-electron chi connectivity index (χ3n) is 3.09. The van der Waals surface area contributed by atoms with Gasteiger partial charge in [0.15, 0.2) is 6.04 Å². The fraction of sp³-hybridized carbons (Fsp3) is 0.818. The van der Waals surface area contributed by atoms with Crippen molar-refractivity contribution < 1.29 is 19.8 Å². The van der Waals surface area contributed by atoms with E-state index in [1.54, 1.807) is 0 Å². The molecule has 2 atom stereocenters. The molecule has 4 N–H and O–H groups in total. The Balaban J connectivity index is 2.37. The first kappa shape index (κ1) is 13.8. The second-order valence-corrected chi connectivity index (χ2v) is 5.30. The number of rotatable bonds is 4. The van der Waals surface area contributed by atoms with Gasteiger partial charge in [-0.1, -0.05) is 13.8 Å². The van der Waals surface area contributed by atoms with E-state index in [2.05, 4.69) is 24.5 Å². The summed E-state index contributed by atoms with van der Waals surface area (Å²) in [6, 6.07) is -1.70. The van der Waals surface area contributed by atoms with Gasteiger partial charge in [-0.2, -0.15) is 0 Å². The second-order valence-electron chi connectivity index (χ2n) is 5.30. The Morgan fingerprint density at radius 2 is 2.12 bits per heavy atom. The van der Waals surface area contributed by atoms with Gasteiger partial charge in [0.25, 0.3) is 0 Å². The summed E-state index contributed by atoms with van der Waals surface area (Å²) >= 11 is 0. The van der Waals surface area contributed by atoms with Crippen molar-refractivity contribution in [1.29, 1.82) is 0 Å². The van der Waals surface area contributed by atoms with Crippen LogP contribution in [0.15, 0.2) is 0 Å². The van der Waals surface area contributed by atoms with Crippen LogP contribution in [0.5, 0.6) is 0 Å². The molecule has 17 heavy (non-hydrogen) atoms. The molecule has 0 heterocycles. The summed E-state index contributed by atoms with van der Waals surface area (Å²) in [6.07, 6.45) is 2.83. The van der Waals surface area contributed by atoms with Crippen molar-refractivity contribution in [2.75, 3.05) is 6.61 Å². The molecule has 1 fully saturated rings. The van der Waals surface area contributed by atoms with Gasteiger partial charge in [0.05, 0.1) is 6.61 Å². The number of nitrogens with one attached hydrogen (secondary N) is 2. The van der Waals surface area contributed by atoms with Crippen LogP contribution in [-0.4, -0.2) is 40.9 Å². The van der Waals surface area contributed by atoms with Crippen LogP contribution in [-0.2, 0) is 4.79 Å². The smallest absolute Gasteiger partial charge is 0.328 e. The van der Waals surface area contributed by atoms with E-state index in [9.17, 15) is 9.59 Å². The summed E-state index contributed by atoms with van der Waals surface area (Å²) in [6.45, 7) is 3.67. The average Bonchev–Trinajstić information content (AvgIpc) is 2.54. The molecule has 1 aliphatic carbocycles.